The number of ether oxygens (including phenoxy) is 1. The summed E-state index contributed by atoms with van der Waals surface area (Å²) in [6, 6.07) is 13.5. The first-order valence-corrected chi connectivity index (χ1v) is 8.38. The van der Waals surface area contributed by atoms with E-state index in [0.29, 0.717) is 18.0 Å². The van der Waals surface area contributed by atoms with E-state index in [2.05, 4.69) is 27.4 Å². The Kier molecular flexibility index (Phi) is 5.18. The molecular formula is C18H17N3O2S. The fourth-order valence-electron chi connectivity index (χ4n) is 2.21. The third-order valence-corrected chi connectivity index (χ3v) is 4.32. The molecule has 3 aromatic rings. The molecule has 0 spiro atoms. The van der Waals surface area contributed by atoms with E-state index in [1.807, 2.05) is 23.6 Å². The van der Waals surface area contributed by atoms with Crippen molar-refractivity contribution in [2.45, 2.75) is 13.0 Å². The van der Waals surface area contributed by atoms with Crippen molar-refractivity contribution in [3.05, 3.63) is 76.0 Å². The molecule has 24 heavy (non-hydrogen) atoms. The van der Waals surface area contributed by atoms with Crippen molar-refractivity contribution in [1.29, 1.82) is 0 Å². The van der Waals surface area contributed by atoms with E-state index in [4.69, 9.17) is 4.74 Å². The van der Waals surface area contributed by atoms with Gasteiger partial charge in [0.2, 0.25) is 0 Å². The predicted molar refractivity (Wildman–Crippen MR) is 93.3 cm³/mol. The van der Waals surface area contributed by atoms with Gasteiger partial charge in [-0.05, 0) is 11.6 Å². The van der Waals surface area contributed by atoms with Gasteiger partial charge in [-0.3, -0.25) is 9.78 Å². The normalized spacial score (nSPS) is 10.4. The maximum absolute atomic E-state index is 12.1. The highest BCUT2D eigenvalue weighted by molar-refractivity contribution is 7.09. The minimum Gasteiger partial charge on any atom is -0.497 e. The molecule has 1 amide bonds. The van der Waals surface area contributed by atoms with Crippen LogP contribution in [0.2, 0.25) is 0 Å². The van der Waals surface area contributed by atoms with E-state index < -0.39 is 0 Å². The summed E-state index contributed by atoms with van der Waals surface area (Å²) in [7, 11) is 1.56. The lowest BCUT2D eigenvalue weighted by Crippen LogP contribution is -2.23. The Morgan fingerprint density at radius 2 is 2.08 bits per heavy atom. The third-order valence-electron chi connectivity index (χ3n) is 3.43. The molecule has 3 rings (SSSR count). The summed E-state index contributed by atoms with van der Waals surface area (Å²) in [5.41, 5.74) is 2.40. The molecule has 1 aromatic carbocycles. The molecule has 1 N–H and O–H groups in total. The van der Waals surface area contributed by atoms with Crippen LogP contribution in [-0.2, 0) is 13.0 Å². The molecule has 2 heterocycles. The maximum atomic E-state index is 12.1. The topological polar surface area (TPSA) is 64.1 Å². The minimum atomic E-state index is -0.244. The molecule has 0 saturated carbocycles. The van der Waals surface area contributed by atoms with Crippen molar-refractivity contribution in [3.8, 4) is 5.75 Å². The summed E-state index contributed by atoms with van der Waals surface area (Å²) in [5.74, 6) is 0.362. The average molecular weight is 339 g/mol. The molecule has 0 unspecified atom stereocenters. The molecule has 0 radical (unpaired) electrons. The van der Waals surface area contributed by atoms with E-state index in [9.17, 15) is 4.79 Å². The van der Waals surface area contributed by atoms with Gasteiger partial charge in [0, 0.05) is 24.1 Å². The van der Waals surface area contributed by atoms with Crippen LogP contribution in [0.15, 0.2) is 54.0 Å². The van der Waals surface area contributed by atoms with Crippen LogP contribution in [0.1, 0.15) is 26.8 Å². The van der Waals surface area contributed by atoms with Crippen LogP contribution in [0, 0.1) is 0 Å². The Bertz CT molecular complexity index is 818. The van der Waals surface area contributed by atoms with Gasteiger partial charge in [-0.1, -0.05) is 30.3 Å². The zero-order valence-corrected chi connectivity index (χ0v) is 14.0. The summed E-state index contributed by atoms with van der Waals surface area (Å²) in [6.45, 7) is 0.378. The van der Waals surface area contributed by atoms with Crippen LogP contribution in [0.3, 0.4) is 0 Å². The number of hydrogen-bond acceptors (Lipinski definition) is 5. The first kappa shape index (κ1) is 16.1. The van der Waals surface area contributed by atoms with Gasteiger partial charge in [-0.25, -0.2) is 4.98 Å². The molecule has 2 aromatic heterocycles. The van der Waals surface area contributed by atoms with Gasteiger partial charge in [0.25, 0.3) is 5.91 Å². The lowest BCUT2D eigenvalue weighted by atomic mass is 10.2. The van der Waals surface area contributed by atoms with Crippen molar-refractivity contribution in [1.82, 2.24) is 15.3 Å². The minimum absolute atomic E-state index is 0.244. The molecule has 0 aliphatic rings. The number of carbonyl (C=O) groups excluding carboxylic acids is 1. The molecule has 0 aliphatic heterocycles. The molecule has 5 nitrogen and oxygen atoms in total. The number of amides is 1. The Hall–Kier alpha value is -2.73. The standard InChI is InChI=1S/C18H17N3O2S/c1-23-15-7-8-19-16(10-15)18(22)20-11-14-12-24-17(21-14)9-13-5-3-2-4-6-13/h2-8,10,12H,9,11H2,1H3,(H,20,22). The van der Waals surface area contributed by atoms with Crippen LogP contribution in [0.5, 0.6) is 5.75 Å². The van der Waals surface area contributed by atoms with Crippen LogP contribution >= 0.6 is 11.3 Å². The zero-order chi connectivity index (χ0) is 16.8. The van der Waals surface area contributed by atoms with Gasteiger partial charge >= 0.3 is 0 Å². The molecule has 122 valence electrons. The summed E-state index contributed by atoms with van der Waals surface area (Å²) in [5, 5.41) is 5.83. The number of nitrogens with one attached hydrogen (secondary N) is 1. The van der Waals surface area contributed by atoms with Crippen molar-refractivity contribution in [2.24, 2.45) is 0 Å². The van der Waals surface area contributed by atoms with E-state index in [0.717, 1.165) is 17.1 Å². The second kappa shape index (κ2) is 7.70. The number of nitrogens with zero attached hydrogens (tertiary/aromatic N) is 2. The van der Waals surface area contributed by atoms with Crippen molar-refractivity contribution < 1.29 is 9.53 Å². The SMILES string of the molecule is COc1ccnc(C(=O)NCc2csc(Cc3ccccc3)n2)c1. The lowest BCUT2D eigenvalue weighted by Gasteiger charge is -2.04. The first-order valence-electron chi connectivity index (χ1n) is 7.50. The van der Waals surface area contributed by atoms with Crippen molar-refractivity contribution in [3.63, 3.8) is 0 Å². The third kappa shape index (κ3) is 4.17. The van der Waals surface area contributed by atoms with Crippen LogP contribution in [0.4, 0.5) is 0 Å². The fraction of sp³-hybridized carbons (Fsp3) is 0.167. The molecule has 0 fully saturated rings. The number of carbonyl (C=O) groups is 1. The number of hydrogen-bond donors (Lipinski definition) is 1. The van der Waals surface area contributed by atoms with Crippen molar-refractivity contribution in [2.75, 3.05) is 7.11 Å². The Balaban J connectivity index is 1.58. The summed E-state index contributed by atoms with van der Waals surface area (Å²) in [4.78, 5) is 20.7. The summed E-state index contributed by atoms with van der Waals surface area (Å²) < 4.78 is 5.10. The van der Waals surface area contributed by atoms with E-state index >= 15 is 0 Å². The van der Waals surface area contributed by atoms with Gasteiger partial charge in [-0.2, -0.15) is 0 Å². The highest BCUT2D eigenvalue weighted by Crippen LogP contribution is 2.15. The van der Waals surface area contributed by atoms with E-state index in [1.165, 1.54) is 5.56 Å². The summed E-state index contributed by atoms with van der Waals surface area (Å²) >= 11 is 1.60. The number of pyridine rings is 1. The highest BCUT2D eigenvalue weighted by Gasteiger charge is 2.09. The maximum Gasteiger partial charge on any atom is 0.270 e. The molecule has 0 bridgehead atoms. The molecule has 6 heteroatoms. The van der Waals surface area contributed by atoms with Gasteiger partial charge in [0.05, 0.1) is 24.4 Å². The van der Waals surface area contributed by atoms with Crippen LogP contribution in [-0.4, -0.2) is 23.0 Å². The van der Waals surface area contributed by atoms with E-state index in [-0.39, 0.29) is 5.91 Å². The number of methoxy groups -OCH3 is 1. The zero-order valence-electron chi connectivity index (χ0n) is 13.2. The largest absolute Gasteiger partial charge is 0.497 e. The number of benzene rings is 1. The van der Waals surface area contributed by atoms with E-state index in [1.54, 1.807) is 36.8 Å². The highest BCUT2D eigenvalue weighted by atomic mass is 32.1. The number of aromatic nitrogens is 2. The second-order valence-electron chi connectivity index (χ2n) is 5.16. The molecule has 0 aliphatic carbocycles. The Labute approximate surface area is 144 Å². The molecule has 0 saturated heterocycles. The second-order valence-corrected chi connectivity index (χ2v) is 6.10. The lowest BCUT2D eigenvalue weighted by molar-refractivity contribution is 0.0945. The van der Waals surface area contributed by atoms with Gasteiger partial charge < -0.3 is 10.1 Å². The van der Waals surface area contributed by atoms with Crippen molar-refractivity contribution >= 4 is 17.2 Å². The molecular weight excluding hydrogens is 322 g/mol. The van der Waals surface area contributed by atoms with Gasteiger partial charge in [0.15, 0.2) is 0 Å². The van der Waals surface area contributed by atoms with Crippen LogP contribution in [0.25, 0.3) is 0 Å². The monoisotopic (exact) mass is 339 g/mol. The van der Waals surface area contributed by atoms with Crippen LogP contribution < -0.4 is 10.1 Å². The number of thiazole rings is 1. The first-order chi connectivity index (χ1) is 11.7. The fourth-order valence-corrected chi connectivity index (χ4v) is 3.03. The summed E-state index contributed by atoms with van der Waals surface area (Å²) in [6.07, 6.45) is 2.35. The smallest absolute Gasteiger partial charge is 0.270 e. The van der Waals surface area contributed by atoms with Gasteiger partial charge in [-0.15, -0.1) is 11.3 Å². The quantitative estimate of drug-likeness (QED) is 0.750. The Morgan fingerprint density at radius 1 is 1.25 bits per heavy atom. The van der Waals surface area contributed by atoms with Gasteiger partial charge in [0.1, 0.15) is 11.4 Å². The number of rotatable bonds is 6. The molecule has 0 atom stereocenters. The Morgan fingerprint density at radius 3 is 2.88 bits per heavy atom. The predicted octanol–water partition coefficient (Wildman–Crippen LogP) is 3.07. The average Bonchev–Trinajstić information content (AvgIpc) is 3.08.